The van der Waals surface area contributed by atoms with Gasteiger partial charge in [-0.2, -0.15) is 0 Å². The molecule has 1 heterocycles. The molecular formula is C23H21N3O3. The van der Waals surface area contributed by atoms with Crippen LogP contribution in [0.3, 0.4) is 0 Å². The van der Waals surface area contributed by atoms with E-state index in [4.69, 9.17) is 9.47 Å². The van der Waals surface area contributed by atoms with Gasteiger partial charge in [-0.05, 0) is 73.2 Å². The van der Waals surface area contributed by atoms with E-state index in [1.807, 2.05) is 36.4 Å². The zero-order chi connectivity index (χ0) is 20.2. The fraction of sp³-hybridized carbons (Fsp3) is 0.130. The SMILES string of the molecule is COc1ccc(OCC(=O)Nc2ccc(-c3nc4ccc(C)cc4[nH]3)cc2)cc1. The number of rotatable bonds is 6. The summed E-state index contributed by atoms with van der Waals surface area (Å²) in [5.41, 5.74) is 4.77. The van der Waals surface area contributed by atoms with Gasteiger partial charge in [-0.25, -0.2) is 4.98 Å². The third-order valence-corrected chi connectivity index (χ3v) is 4.51. The molecule has 0 saturated heterocycles. The second-order valence-corrected chi connectivity index (χ2v) is 6.70. The molecule has 0 fully saturated rings. The van der Waals surface area contributed by atoms with Crippen molar-refractivity contribution < 1.29 is 14.3 Å². The number of anilines is 1. The van der Waals surface area contributed by atoms with Crippen LogP contribution < -0.4 is 14.8 Å². The largest absolute Gasteiger partial charge is 0.497 e. The minimum absolute atomic E-state index is 0.0724. The number of hydrogen-bond donors (Lipinski definition) is 2. The van der Waals surface area contributed by atoms with Crippen molar-refractivity contribution in [3.8, 4) is 22.9 Å². The molecule has 6 nitrogen and oxygen atoms in total. The first-order valence-electron chi connectivity index (χ1n) is 9.24. The molecule has 4 rings (SSSR count). The molecule has 0 saturated carbocycles. The van der Waals surface area contributed by atoms with Gasteiger partial charge >= 0.3 is 0 Å². The summed E-state index contributed by atoms with van der Waals surface area (Å²) in [6.07, 6.45) is 0. The lowest BCUT2D eigenvalue weighted by Gasteiger charge is -2.08. The van der Waals surface area contributed by atoms with Crippen LogP contribution >= 0.6 is 0 Å². The molecule has 3 aromatic carbocycles. The highest BCUT2D eigenvalue weighted by Gasteiger charge is 2.07. The fourth-order valence-corrected chi connectivity index (χ4v) is 2.99. The minimum Gasteiger partial charge on any atom is -0.497 e. The van der Waals surface area contributed by atoms with E-state index in [-0.39, 0.29) is 12.5 Å². The second kappa shape index (κ2) is 8.06. The highest BCUT2D eigenvalue weighted by Crippen LogP contribution is 2.23. The summed E-state index contributed by atoms with van der Waals surface area (Å²) in [4.78, 5) is 20.1. The van der Waals surface area contributed by atoms with Crippen LogP contribution in [0.4, 0.5) is 5.69 Å². The number of nitrogens with one attached hydrogen (secondary N) is 2. The number of ether oxygens (including phenoxy) is 2. The lowest BCUT2D eigenvalue weighted by Crippen LogP contribution is -2.20. The Morgan fingerprint density at radius 2 is 1.72 bits per heavy atom. The Morgan fingerprint density at radius 1 is 1.00 bits per heavy atom. The molecule has 0 atom stereocenters. The minimum atomic E-state index is -0.229. The zero-order valence-electron chi connectivity index (χ0n) is 16.2. The number of methoxy groups -OCH3 is 1. The Morgan fingerprint density at radius 3 is 2.45 bits per heavy atom. The molecule has 6 heteroatoms. The first-order chi connectivity index (χ1) is 14.1. The first kappa shape index (κ1) is 18.6. The van der Waals surface area contributed by atoms with Gasteiger partial charge in [0, 0.05) is 11.3 Å². The average Bonchev–Trinajstić information content (AvgIpc) is 3.16. The Labute approximate surface area is 168 Å². The van der Waals surface area contributed by atoms with Gasteiger partial charge < -0.3 is 19.8 Å². The summed E-state index contributed by atoms with van der Waals surface area (Å²) in [5, 5.41) is 2.83. The number of nitrogens with zero attached hydrogens (tertiary/aromatic N) is 1. The quantitative estimate of drug-likeness (QED) is 0.508. The maximum Gasteiger partial charge on any atom is 0.262 e. The van der Waals surface area contributed by atoms with Gasteiger partial charge in [0.1, 0.15) is 17.3 Å². The van der Waals surface area contributed by atoms with Gasteiger partial charge in [0.25, 0.3) is 5.91 Å². The van der Waals surface area contributed by atoms with Crippen molar-refractivity contribution in [1.29, 1.82) is 0 Å². The summed E-state index contributed by atoms with van der Waals surface area (Å²) in [7, 11) is 1.60. The van der Waals surface area contributed by atoms with Crippen LogP contribution in [0.1, 0.15) is 5.56 Å². The van der Waals surface area contributed by atoms with Crippen LogP contribution in [0.5, 0.6) is 11.5 Å². The van der Waals surface area contributed by atoms with Gasteiger partial charge in [0.05, 0.1) is 18.1 Å². The number of aryl methyl sites for hydroxylation is 1. The molecule has 146 valence electrons. The monoisotopic (exact) mass is 387 g/mol. The van der Waals surface area contributed by atoms with Crippen LogP contribution in [-0.4, -0.2) is 29.6 Å². The van der Waals surface area contributed by atoms with Gasteiger partial charge in [-0.3, -0.25) is 4.79 Å². The van der Waals surface area contributed by atoms with E-state index in [1.54, 1.807) is 31.4 Å². The van der Waals surface area contributed by atoms with E-state index >= 15 is 0 Å². The molecule has 4 aromatic rings. The fourth-order valence-electron chi connectivity index (χ4n) is 2.99. The summed E-state index contributed by atoms with van der Waals surface area (Å²) in [5.74, 6) is 1.91. The topological polar surface area (TPSA) is 76.2 Å². The van der Waals surface area contributed by atoms with Crippen LogP contribution in [0.15, 0.2) is 66.7 Å². The predicted octanol–water partition coefficient (Wildman–Crippen LogP) is 4.56. The molecule has 2 N–H and O–H groups in total. The normalized spacial score (nSPS) is 10.7. The predicted molar refractivity (Wildman–Crippen MR) is 113 cm³/mol. The maximum atomic E-state index is 12.1. The third-order valence-electron chi connectivity index (χ3n) is 4.51. The number of imidazole rings is 1. The lowest BCUT2D eigenvalue weighted by molar-refractivity contribution is -0.118. The number of aromatic amines is 1. The number of fused-ring (bicyclic) bond motifs is 1. The number of carbonyl (C=O) groups excluding carboxylic acids is 1. The molecule has 0 spiro atoms. The van der Waals surface area contributed by atoms with Gasteiger partial charge in [0.15, 0.2) is 6.61 Å². The highest BCUT2D eigenvalue weighted by molar-refractivity contribution is 5.92. The molecule has 0 aliphatic rings. The van der Waals surface area contributed by atoms with Crippen molar-refractivity contribution >= 4 is 22.6 Å². The van der Waals surface area contributed by atoms with E-state index in [9.17, 15) is 4.79 Å². The van der Waals surface area contributed by atoms with E-state index in [0.717, 1.165) is 28.2 Å². The molecule has 0 unspecified atom stereocenters. The average molecular weight is 387 g/mol. The molecule has 0 radical (unpaired) electrons. The van der Waals surface area contributed by atoms with Crippen molar-refractivity contribution in [3.05, 3.63) is 72.3 Å². The van der Waals surface area contributed by atoms with Crippen LogP contribution in [0, 0.1) is 6.92 Å². The van der Waals surface area contributed by atoms with Gasteiger partial charge in [-0.1, -0.05) is 6.07 Å². The van der Waals surface area contributed by atoms with E-state index in [1.165, 1.54) is 5.56 Å². The molecule has 0 bridgehead atoms. The second-order valence-electron chi connectivity index (χ2n) is 6.70. The summed E-state index contributed by atoms with van der Waals surface area (Å²) < 4.78 is 10.6. The van der Waals surface area contributed by atoms with Crippen LogP contribution in [-0.2, 0) is 4.79 Å². The van der Waals surface area contributed by atoms with Gasteiger partial charge in [-0.15, -0.1) is 0 Å². The number of benzene rings is 3. The van der Waals surface area contributed by atoms with E-state index < -0.39 is 0 Å². The third kappa shape index (κ3) is 4.38. The molecule has 1 amide bonds. The van der Waals surface area contributed by atoms with Crippen molar-refractivity contribution in [3.63, 3.8) is 0 Å². The van der Waals surface area contributed by atoms with Gasteiger partial charge in [0.2, 0.25) is 0 Å². The lowest BCUT2D eigenvalue weighted by atomic mass is 10.2. The maximum absolute atomic E-state index is 12.1. The first-order valence-corrected chi connectivity index (χ1v) is 9.24. The number of aromatic nitrogens is 2. The molecule has 0 aliphatic heterocycles. The van der Waals surface area contributed by atoms with E-state index in [0.29, 0.717) is 11.4 Å². The molecule has 1 aromatic heterocycles. The molecule has 0 aliphatic carbocycles. The number of carbonyl (C=O) groups is 1. The summed E-state index contributed by atoms with van der Waals surface area (Å²) >= 11 is 0. The van der Waals surface area contributed by atoms with Crippen LogP contribution in [0.2, 0.25) is 0 Å². The van der Waals surface area contributed by atoms with E-state index in [2.05, 4.69) is 28.3 Å². The Bertz CT molecular complexity index is 1130. The molecule has 29 heavy (non-hydrogen) atoms. The van der Waals surface area contributed by atoms with Crippen molar-refractivity contribution in [2.75, 3.05) is 19.0 Å². The standard InChI is InChI=1S/C23H21N3O3/c1-15-3-12-20-21(13-15)26-23(25-20)16-4-6-17(7-5-16)24-22(27)14-29-19-10-8-18(28-2)9-11-19/h3-13H,14H2,1-2H3,(H,24,27)(H,25,26). The van der Waals surface area contributed by atoms with Crippen molar-refractivity contribution in [1.82, 2.24) is 9.97 Å². The smallest absolute Gasteiger partial charge is 0.262 e. The Balaban J connectivity index is 1.37. The number of hydrogen-bond acceptors (Lipinski definition) is 4. The molecular weight excluding hydrogens is 366 g/mol. The number of amides is 1. The Kier molecular flexibility index (Phi) is 5.16. The van der Waals surface area contributed by atoms with Crippen molar-refractivity contribution in [2.45, 2.75) is 6.92 Å². The zero-order valence-corrected chi connectivity index (χ0v) is 16.2. The highest BCUT2D eigenvalue weighted by atomic mass is 16.5. The van der Waals surface area contributed by atoms with Crippen molar-refractivity contribution in [2.24, 2.45) is 0 Å². The Hall–Kier alpha value is -3.80. The van der Waals surface area contributed by atoms with Crippen LogP contribution in [0.25, 0.3) is 22.4 Å². The summed E-state index contributed by atoms with van der Waals surface area (Å²) in [6.45, 7) is 1.98. The summed E-state index contributed by atoms with van der Waals surface area (Å²) in [6, 6.07) is 20.7. The number of H-pyrrole nitrogens is 1.